The first kappa shape index (κ1) is 26.6. The van der Waals surface area contributed by atoms with E-state index in [4.69, 9.17) is 5.11 Å². The molecule has 3 aromatic carbocycles. The number of aromatic hydroxyl groups is 1. The van der Waals surface area contributed by atoms with Crippen LogP contribution in [0.4, 0.5) is 0 Å². The first-order chi connectivity index (χ1) is 17.8. The van der Waals surface area contributed by atoms with Gasteiger partial charge in [0.25, 0.3) is 0 Å². The number of likely N-dealkylation sites (tertiary alicyclic amines) is 1. The fourth-order valence-corrected chi connectivity index (χ4v) is 5.49. The molecule has 0 amide bonds. The quantitative estimate of drug-likeness (QED) is 0.334. The Balaban J connectivity index is 1.38. The van der Waals surface area contributed by atoms with Crippen molar-refractivity contribution in [3.8, 4) is 5.75 Å². The molecule has 0 spiro atoms. The number of carbonyl (C=O) groups is 1. The number of phenols is 1. The lowest BCUT2D eigenvalue weighted by Gasteiger charge is -2.30. The number of benzene rings is 3. The monoisotopic (exact) mass is 499 g/mol. The van der Waals surface area contributed by atoms with E-state index in [1.54, 1.807) is 13.0 Å². The van der Waals surface area contributed by atoms with Crippen molar-refractivity contribution in [2.75, 3.05) is 19.6 Å². The minimum atomic E-state index is -0.936. The van der Waals surface area contributed by atoms with E-state index in [2.05, 4.69) is 65.6 Å². The minimum Gasteiger partial charge on any atom is -0.507 e. The standard InChI is InChI=1S/C32H37NO4/c1-22-20-27(21-29(35)36)23(2)32(37)30(22)28(34)14-9-17-33-18-15-26(16-19-33)31(24-10-5-3-6-11-24)25-12-7-4-8-13-25/h3-8,10-13,20,28,34,37H,9,14-19,21H2,1-2H3,(H,35,36). The molecular weight excluding hydrogens is 462 g/mol. The Kier molecular flexibility index (Phi) is 8.80. The summed E-state index contributed by atoms with van der Waals surface area (Å²) in [5, 5.41) is 30.7. The summed E-state index contributed by atoms with van der Waals surface area (Å²) in [5.41, 5.74) is 7.74. The number of aliphatic hydroxyl groups excluding tert-OH is 1. The number of rotatable bonds is 9. The first-order valence-electron chi connectivity index (χ1n) is 13.1. The van der Waals surface area contributed by atoms with Crippen LogP contribution < -0.4 is 0 Å². The van der Waals surface area contributed by atoms with E-state index in [0.29, 0.717) is 23.1 Å². The highest BCUT2D eigenvalue weighted by Crippen LogP contribution is 2.36. The molecule has 1 aliphatic rings. The molecule has 0 aliphatic carbocycles. The van der Waals surface area contributed by atoms with Gasteiger partial charge in [-0.25, -0.2) is 0 Å². The molecule has 1 aliphatic heterocycles. The van der Waals surface area contributed by atoms with E-state index in [1.165, 1.54) is 22.3 Å². The number of aliphatic hydroxyl groups is 1. The number of carboxylic acid groups (broad SMARTS) is 1. The topological polar surface area (TPSA) is 81.0 Å². The zero-order valence-corrected chi connectivity index (χ0v) is 21.8. The Labute approximate surface area is 219 Å². The second-order valence-electron chi connectivity index (χ2n) is 10.0. The van der Waals surface area contributed by atoms with Gasteiger partial charge in [-0.2, -0.15) is 0 Å². The van der Waals surface area contributed by atoms with Gasteiger partial charge in [0.05, 0.1) is 12.5 Å². The third kappa shape index (κ3) is 6.48. The van der Waals surface area contributed by atoms with Crippen LogP contribution in [0.1, 0.15) is 65.2 Å². The van der Waals surface area contributed by atoms with Crippen LogP contribution in [-0.4, -0.2) is 45.8 Å². The maximum absolute atomic E-state index is 11.1. The predicted octanol–water partition coefficient (Wildman–Crippen LogP) is 6.05. The molecule has 1 atom stereocenters. The van der Waals surface area contributed by atoms with E-state index < -0.39 is 12.1 Å². The maximum atomic E-state index is 11.1. The van der Waals surface area contributed by atoms with Crippen molar-refractivity contribution in [2.24, 2.45) is 0 Å². The number of aliphatic carboxylic acids is 1. The summed E-state index contributed by atoms with van der Waals surface area (Å²) in [6.07, 6.45) is 2.49. The lowest BCUT2D eigenvalue weighted by molar-refractivity contribution is -0.136. The summed E-state index contributed by atoms with van der Waals surface area (Å²) in [7, 11) is 0. The molecule has 1 unspecified atom stereocenters. The van der Waals surface area contributed by atoms with Gasteiger partial charge in [-0.1, -0.05) is 72.3 Å². The number of carboxylic acids is 1. The van der Waals surface area contributed by atoms with Crippen molar-refractivity contribution in [1.82, 2.24) is 4.90 Å². The normalized spacial score (nSPS) is 14.9. The zero-order valence-electron chi connectivity index (χ0n) is 21.8. The highest BCUT2D eigenvalue weighted by Gasteiger charge is 2.22. The summed E-state index contributed by atoms with van der Waals surface area (Å²) in [5.74, 6) is -0.916. The minimum absolute atomic E-state index is 0.0193. The molecule has 1 fully saturated rings. The Morgan fingerprint density at radius 3 is 2.05 bits per heavy atom. The molecule has 0 saturated carbocycles. The van der Waals surface area contributed by atoms with Crippen molar-refractivity contribution in [3.63, 3.8) is 0 Å². The molecule has 3 N–H and O–H groups in total. The van der Waals surface area contributed by atoms with E-state index in [-0.39, 0.29) is 12.2 Å². The van der Waals surface area contributed by atoms with Crippen LogP contribution >= 0.6 is 0 Å². The molecule has 1 heterocycles. The summed E-state index contributed by atoms with van der Waals surface area (Å²) < 4.78 is 0. The SMILES string of the molecule is Cc1cc(CC(=O)O)c(C)c(O)c1C(O)CCCN1CCC(=C(c2ccccc2)c2ccccc2)CC1. The number of phenolic OH excluding ortho intramolecular Hbond substituents is 1. The van der Waals surface area contributed by atoms with Gasteiger partial charge in [-0.05, 0) is 79.5 Å². The van der Waals surface area contributed by atoms with Crippen LogP contribution in [-0.2, 0) is 11.2 Å². The third-order valence-electron chi connectivity index (χ3n) is 7.47. The van der Waals surface area contributed by atoms with Crippen molar-refractivity contribution < 1.29 is 20.1 Å². The van der Waals surface area contributed by atoms with Crippen LogP contribution in [0.25, 0.3) is 5.57 Å². The Morgan fingerprint density at radius 2 is 1.51 bits per heavy atom. The van der Waals surface area contributed by atoms with Crippen LogP contribution in [0.5, 0.6) is 5.75 Å². The van der Waals surface area contributed by atoms with Gasteiger partial charge in [-0.15, -0.1) is 0 Å². The summed E-state index contributed by atoms with van der Waals surface area (Å²) in [6, 6.07) is 23.0. The molecule has 3 aromatic rings. The van der Waals surface area contributed by atoms with Gasteiger partial charge in [0.1, 0.15) is 5.75 Å². The molecule has 0 aromatic heterocycles. The largest absolute Gasteiger partial charge is 0.507 e. The van der Waals surface area contributed by atoms with Gasteiger partial charge in [0, 0.05) is 18.7 Å². The number of piperidine rings is 1. The van der Waals surface area contributed by atoms with Gasteiger partial charge in [0.15, 0.2) is 0 Å². The number of aryl methyl sites for hydroxylation is 1. The smallest absolute Gasteiger partial charge is 0.307 e. The van der Waals surface area contributed by atoms with E-state index >= 15 is 0 Å². The van der Waals surface area contributed by atoms with Crippen molar-refractivity contribution in [1.29, 1.82) is 0 Å². The van der Waals surface area contributed by atoms with Crippen molar-refractivity contribution >= 4 is 11.5 Å². The van der Waals surface area contributed by atoms with E-state index in [1.807, 2.05) is 6.92 Å². The summed E-state index contributed by atoms with van der Waals surface area (Å²) >= 11 is 0. The van der Waals surface area contributed by atoms with Gasteiger partial charge >= 0.3 is 5.97 Å². The Bertz CT molecular complexity index is 1200. The molecule has 4 rings (SSSR count). The maximum Gasteiger partial charge on any atom is 0.307 e. The van der Waals surface area contributed by atoms with Gasteiger partial charge < -0.3 is 20.2 Å². The second kappa shape index (κ2) is 12.2. The fourth-order valence-electron chi connectivity index (χ4n) is 5.49. The molecule has 1 saturated heterocycles. The van der Waals surface area contributed by atoms with Crippen LogP contribution in [0.3, 0.4) is 0 Å². The molecule has 5 nitrogen and oxygen atoms in total. The lowest BCUT2D eigenvalue weighted by Crippen LogP contribution is -2.32. The molecule has 0 bridgehead atoms. The van der Waals surface area contributed by atoms with Crippen molar-refractivity contribution in [3.05, 3.63) is 106 Å². The molecular formula is C32H37NO4. The van der Waals surface area contributed by atoms with Crippen molar-refractivity contribution in [2.45, 2.75) is 52.1 Å². The van der Waals surface area contributed by atoms with Gasteiger partial charge in [0.2, 0.25) is 0 Å². The van der Waals surface area contributed by atoms with Crippen LogP contribution in [0, 0.1) is 13.8 Å². The average molecular weight is 500 g/mol. The van der Waals surface area contributed by atoms with E-state index in [0.717, 1.165) is 44.5 Å². The highest BCUT2D eigenvalue weighted by atomic mass is 16.4. The number of hydrogen-bond acceptors (Lipinski definition) is 4. The lowest BCUT2D eigenvalue weighted by atomic mass is 9.88. The Morgan fingerprint density at radius 1 is 0.946 bits per heavy atom. The predicted molar refractivity (Wildman–Crippen MR) is 148 cm³/mol. The Hall–Kier alpha value is -3.41. The van der Waals surface area contributed by atoms with Gasteiger partial charge in [-0.3, -0.25) is 4.79 Å². The molecule has 0 radical (unpaired) electrons. The molecule has 37 heavy (non-hydrogen) atoms. The first-order valence-corrected chi connectivity index (χ1v) is 13.1. The van der Waals surface area contributed by atoms with E-state index in [9.17, 15) is 15.0 Å². The fraction of sp³-hybridized carbons (Fsp3) is 0.344. The zero-order chi connectivity index (χ0) is 26.4. The molecule has 5 heteroatoms. The van der Waals surface area contributed by atoms with Crippen LogP contribution in [0.15, 0.2) is 72.3 Å². The summed E-state index contributed by atoms with van der Waals surface area (Å²) in [6.45, 7) is 6.40. The van der Waals surface area contributed by atoms with Crippen LogP contribution in [0.2, 0.25) is 0 Å². The highest BCUT2D eigenvalue weighted by molar-refractivity contribution is 5.82. The second-order valence-corrected chi connectivity index (χ2v) is 10.0. The number of nitrogens with zero attached hydrogens (tertiary/aromatic N) is 1. The average Bonchev–Trinajstić information content (AvgIpc) is 2.89. The molecule has 194 valence electrons. The summed E-state index contributed by atoms with van der Waals surface area (Å²) in [4.78, 5) is 13.6. The number of hydrogen-bond donors (Lipinski definition) is 3. The third-order valence-corrected chi connectivity index (χ3v) is 7.47.